The van der Waals surface area contributed by atoms with Crippen molar-refractivity contribution in [2.75, 3.05) is 287 Å². The fourth-order valence-corrected chi connectivity index (χ4v) is 12.9. The van der Waals surface area contributed by atoms with E-state index >= 15 is 0 Å². The van der Waals surface area contributed by atoms with Crippen molar-refractivity contribution < 1.29 is 29.2 Å². The maximum atomic E-state index is 8.99. The molecule has 12 rings (SSSR count). The Morgan fingerprint density at radius 1 is 0.379 bits per heavy atom. The van der Waals surface area contributed by atoms with E-state index in [9.17, 15) is 0 Å². The van der Waals surface area contributed by atoms with Gasteiger partial charge in [0.1, 0.15) is 49.4 Å². The van der Waals surface area contributed by atoms with Crippen LogP contribution in [0.25, 0.3) is 0 Å². The van der Waals surface area contributed by atoms with Crippen molar-refractivity contribution in [1.29, 1.82) is 0 Å². The van der Waals surface area contributed by atoms with E-state index < -0.39 is 0 Å². The molecule has 22 heteroatoms. The number of hydrogen-bond donors (Lipinski definition) is 6. The summed E-state index contributed by atoms with van der Waals surface area (Å²) in [5.74, 6) is 3.67. The molecule has 0 bridgehead atoms. The molecule has 1 atom stereocenters. The molecule has 87 heavy (non-hydrogen) atoms. The molecule has 0 spiro atoms. The Bertz CT molecular complexity index is 2670. The summed E-state index contributed by atoms with van der Waals surface area (Å²) in [5.41, 5.74) is 31.1. The zero-order valence-electron chi connectivity index (χ0n) is 52.9. The van der Waals surface area contributed by atoms with Crippen LogP contribution in [0.2, 0.25) is 0 Å². The van der Waals surface area contributed by atoms with Crippen molar-refractivity contribution >= 4 is 45.5 Å². The molecule has 0 amide bonds. The summed E-state index contributed by atoms with van der Waals surface area (Å²) >= 11 is 0. The maximum absolute atomic E-state index is 8.99. The Morgan fingerprint density at radius 3 is 1.02 bits per heavy atom. The van der Waals surface area contributed by atoms with Gasteiger partial charge >= 0.3 is 0 Å². The van der Waals surface area contributed by atoms with E-state index in [2.05, 4.69) is 104 Å². The summed E-state index contributed by atoms with van der Waals surface area (Å²) in [4.78, 5) is 29.2. The molecule has 8 aliphatic heterocycles. The average molecular weight is 1210 g/mol. The number of rotatable bonds is 19. The number of anilines is 8. The Labute approximate surface area is 519 Å². The van der Waals surface area contributed by atoms with Gasteiger partial charge < -0.3 is 91.3 Å². The number of aliphatic hydroxyl groups is 2. The first-order valence-electron chi connectivity index (χ1n) is 32.4. The molecule has 1 unspecified atom stereocenters. The van der Waals surface area contributed by atoms with Gasteiger partial charge in [-0.05, 0) is 109 Å². The molecule has 0 radical (unpaired) electrons. The number of nitrogen functional groups attached to an aromatic ring is 4. The number of aliphatic hydroxyl groups excluding tert-OH is 2. The van der Waals surface area contributed by atoms with Gasteiger partial charge in [0.05, 0.1) is 62.1 Å². The number of fused-ring (bicyclic) bond motifs is 4. The third-order valence-electron chi connectivity index (χ3n) is 18.3. The molecule has 8 aliphatic rings. The molecule has 4 saturated heterocycles. The Kier molecular flexibility index (Phi) is 25.3. The molecule has 10 N–H and O–H groups in total. The summed E-state index contributed by atoms with van der Waals surface area (Å²) in [7, 11) is 6.56. The van der Waals surface area contributed by atoms with Crippen molar-refractivity contribution in [3.63, 3.8) is 0 Å². The molecule has 0 aromatic heterocycles. The molecule has 4 fully saturated rings. The van der Waals surface area contributed by atoms with E-state index in [-0.39, 0.29) is 13.2 Å². The molecule has 0 saturated carbocycles. The molecule has 4 aromatic rings. The fraction of sp³-hybridized carbons (Fsp3) is 0.631. The predicted octanol–water partition coefficient (Wildman–Crippen LogP) is 2.75. The summed E-state index contributed by atoms with van der Waals surface area (Å²) in [6, 6.07) is 24.5. The number of hydrogen-bond acceptors (Lipinski definition) is 22. The van der Waals surface area contributed by atoms with Gasteiger partial charge in [0.25, 0.3) is 0 Å². The number of likely N-dealkylation sites (N-methyl/N-ethyl adjacent to an activating group) is 2. The van der Waals surface area contributed by atoms with Gasteiger partial charge in [0.2, 0.25) is 0 Å². The minimum atomic E-state index is 0.258. The SMILES string of the molecule is CN(C)C1CCN(CCN2CCOc3cc(N)ccc32)C1.CN1CCN(CCCN2CCOc3cc(N)ccc32)CC1.Nc1ccc2c(c1)OCCN2CCCN1CCN(CCO)CC1.Nc1ccc2c(c1)OCCN2CCN1CCN(CCO)CC1. The number of ether oxygens (including phenoxy) is 4. The van der Waals surface area contributed by atoms with Crippen LogP contribution in [0.4, 0.5) is 45.5 Å². The lowest BCUT2D eigenvalue weighted by Gasteiger charge is -2.37. The van der Waals surface area contributed by atoms with Crippen molar-refractivity contribution in [1.82, 2.24) is 39.2 Å². The highest BCUT2D eigenvalue weighted by Gasteiger charge is 2.27. The summed E-state index contributed by atoms with van der Waals surface area (Å²) in [6.07, 6.45) is 3.64. The molecule has 22 nitrogen and oxygen atoms in total. The van der Waals surface area contributed by atoms with E-state index in [1.165, 1.54) is 75.7 Å². The lowest BCUT2D eigenvalue weighted by Crippen LogP contribution is -2.49. The third kappa shape index (κ3) is 19.8. The second-order valence-corrected chi connectivity index (χ2v) is 24.6. The van der Waals surface area contributed by atoms with Crippen LogP contribution in [-0.2, 0) is 0 Å². The molecule has 8 heterocycles. The van der Waals surface area contributed by atoms with E-state index in [4.69, 9.17) is 52.1 Å². The van der Waals surface area contributed by atoms with Crippen molar-refractivity contribution in [3.05, 3.63) is 72.8 Å². The molecular formula is C65H106N16O6. The summed E-state index contributed by atoms with van der Waals surface area (Å²) in [6.45, 7) is 33.4. The van der Waals surface area contributed by atoms with Gasteiger partial charge in [-0.2, -0.15) is 0 Å². The predicted molar refractivity (Wildman–Crippen MR) is 356 cm³/mol. The van der Waals surface area contributed by atoms with Gasteiger partial charge in [-0.15, -0.1) is 0 Å². The van der Waals surface area contributed by atoms with E-state index in [1.807, 2.05) is 48.5 Å². The number of nitrogens with zero attached hydrogens (tertiary/aromatic N) is 12. The second kappa shape index (κ2) is 33.6. The van der Waals surface area contributed by atoms with Crippen LogP contribution in [0.5, 0.6) is 23.0 Å². The van der Waals surface area contributed by atoms with Crippen LogP contribution in [0.15, 0.2) is 72.8 Å². The summed E-state index contributed by atoms with van der Waals surface area (Å²) in [5, 5.41) is 18.0. The topological polar surface area (TPSA) is 220 Å². The Balaban J connectivity index is 0.000000138. The van der Waals surface area contributed by atoms with Crippen molar-refractivity contribution in [3.8, 4) is 23.0 Å². The zero-order valence-corrected chi connectivity index (χ0v) is 52.9. The minimum absolute atomic E-state index is 0.258. The normalized spacial score (nSPS) is 20.4. The molecule has 4 aromatic carbocycles. The second-order valence-electron chi connectivity index (χ2n) is 24.6. The fourth-order valence-electron chi connectivity index (χ4n) is 12.9. The monoisotopic (exact) mass is 1210 g/mol. The van der Waals surface area contributed by atoms with Crippen LogP contribution in [0.3, 0.4) is 0 Å². The number of likely N-dealkylation sites (tertiary alicyclic amines) is 1. The van der Waals surface area contributed by atoms with Gasteiger partial charge in [0, 0.05) is 190 Å². The number of β-amino-alcohol motifs (C(OH)–C–C–N with tert-alkyl or cyclic N) is 2. The van der Waals surface area contributed by atoms with Crippen LogP contribution >= 0.6 is 0 Å². The first-order chi connectivity index (χ1) is 42.4. The number of benzene rings is 4. The van der Waals surface area contributed by atoms with E-state index in [1.54, 1.807) is 0 Å². The van der Waals surface area contributed by atoms with E-state index in [0.29, 0.717) is 6.04 Å². The number of piperazine rings is 3. The highest BCUT2D eigenvalue weighted by molar-refractivity contribution is 5.68. The smallest absolute Gasteiger partial charge is 0.144 e. The van der Waals surface area contributed by atoms with Crippen molar-refractivity contribution in [2.45, 2.75) is 25.3 Å². The Hall–Kier alpha value is -5.92. The Morgan fingerprint density at radius 2 is 0.690 bits per heavy atom. The zero-order chi connectivity index (χ0) is 60.9. The maximum Gasteiger partial charge on any atom is 0.144 e. The lowest BCUT2D eigenvalue weighted by molar-refractivity contribution is 0.112. The highest BCUT2D eigenvalue weighted by Crippen LogP contribution is 2.37. The van der Waals surface area contributed by atoms with Gasteiger partial charge in [-0.25, -0.2) is 0 Å². The summed E-state index contributed by atoms with van der Waals surface area (Å²) < 4.78 is 22.8. The van der Waals surface area contributed by atoms with Crippen LogP contribution < -0.4 is 61.5 Å². The average Bonchev–Trinajstić information content (AvgIpc) is 4.14. The van der Waals surface area contributed by atoms with Crippen LogP contribution in [0, 0.1) is 0 Å². The standard InChI is InChI=1S/C17H28N4O2.C16H26N4O2.2C16H26N4O/c18-15-2-3-16-17(14-15)23-13-11-21(16)5-1-4-19-6-8-20(9-7-19)10-12-22;17-14-1-2-15-16(13-14)22-12-10-20(15)8-7-18-3-5-19(6-4-18)9-11-21;1-18(2)14-5-6-19(12-14)7-8-20-9-10-21-16-11-13(17)3-4-15(16)20;1-18-7-9-19(10-8-18)5-2-6-20-11-12-21-16-13-14(17)3-4-15(16)20/h2-3,14,22H,1,4-13,18H2;1-2,13,21H,3-12,17H2;3-4,11,14H,5-10,12,17H2,1-2H3;3-4,13H,2,5-12,17H2,1H3. The largest absolute Gasteiger partial charge is 0.489 e. The van der Waals surface area contributed by atoms with Gasteiger partial charge in [-0.1, -0.05) is 0 Å². The van der Waals surface area contributed by atoms with Gasteiger partial charge in [0.15, 0.2) is 0 Å². The third-order valence-corrected chi connectivity index (χ3v) is 18.3. The van der Waals surface area contributed by atoms with Gasteiger partial charge in [-0.3, -0.25) is 19.6 Å². The van der Waals surface area contributed by atoms with Crippen molar-refractivity contribution in [2.24, 2.45) is 0 Å². The number of nitrogens with two attached hydrogens (primary N) is 4. The molecule has 0 aliphatic carbocycles. The van der Waals surface area contributed by atoms with Crippen LogP contribution in [0.1, 0.15) is 19.3 Å². The highest BCUT2D eigenvalue weighted by atomic mass is 16.5. The first kappa shape index (κ1) is 65.5. The van der Waals surface area contributed by atoms with E-state index in [0.717, 1.165) is 222 Å². The minimum Gasteiger partial charge on any atom is -0.489 e. The quantitative estimate of drug-likeness (QED) is 0.0744. The van der Waals surface area contributed by atoms with Crippen LogP contribution in [-0.4, -0.2) is 299 Å². The molecular weight excluding hydrogens is 1100 g/mol. The lowest BCUT2D eigenvalue weighted by atomic mass is 10.2. The first-order valence-corrected chi connectivity index (χ1v) is 32.4. The molecule has 482 valence electrons.